The summed E-state index contributed by atoms with van der Waals surface area (Å²) < 4.78 is 0. The highest BCUT2D eigenvalue weighted by Crippen LogP contribution is 2.30. The molecule has 0 amide bonds. The predicted octanol–water partition coefficient (Wildman–Crippen LogP) is 2.75. The minimum Gasteiger partial charge on any atom is -0.369 e. The number of anilines is 2. The van der Waals surface area contributed by atoms with E-state index in [1.54, 1.807) is 0 Å². The van der Waals surface area contributed by atoms with Crippen molar-refractivity contribution in [1.29, 1.82) is 0 Å². The van der Waals surface area contributed by atoms with Gasteiger partial charge in [0.25, 0.3) is 0 Å². The van der Waals surface area contributed by atoms with E-state index in [1.165, 1.54) is 25.9 Å². The van der Waals surface area contributed by atoms with E-state index in [1.807, 2.05) is 6.20 Å². The summed E-state index contributed by atoms with van der Waals surface area (Å²) in [5.41, 5.74) is 1.47. The standard InChI is InChI=1S/C16H29N5/c1-5-8-17-15-18-11-13(2)14(20-15)19-12-16(3)6-9-21(4)10-7-16/h11H,5-10,12H2,1-4H3,(H2,17,18,19,20). The lowest BCUT2D eigenvalue weighted by Crippen LogP contribution is -2.40. The van der Waals surface area contributed by atoms with Crippen molar-refractivity contribution in [2.24, 2.45) is 5.41 Å². The Bertz CT molecular complexity index is 452. The minimum atomic E-state index is 0.362. The lowest BCUT2D eigenvalue weighted by molar-refractivity contribution is 0.150. The van der Waals surface area contributed by atoms with Crippen molar-refractivity contribution in [3.05, 3.63) is 11.8 Å². The van der Waals surface area contributed by atoms with Crippen LogP contribution in [0.3, 0.4) is 0 Å². The first-order valence-electron chi connectivity index (χ1n) is 8.02. The van der Waals surface area contributed by atoms with E-state index >= 15 is 0 Å². The molecule has 0 bridgehead atoms. The molecule has 0 spiro atoms. The van der Waals surface area contributed by atoms with Gasteiger partial charge in [-0.15, -0.1) is 0 Å². The predicted molar refractivity (Wildman–Crippen MR) is 88.9 cm³/mol. The van der Waals surface area contributed by atoms with Gasteiger partial charge in [-0.1, -0.05) is 13.8 Å². The summed E-state index contributed by atoms with van der Waals surface area (Å²) >= 11 is 0. The topological polar surface area (TPSA) is 53.1 Å². The van der Waals surface area contributed by atoms with Crippen LogP contribution >= 0.6 is 0 Å². The minimum absolute atomic E-state index is 0.362. The monoisotopic (exact) mass is 291 g/mol. The molecule has 118 valence electrons. The molecule has 0 radical (unpaired) electrons. The Balaban J connectivity index is 1.95. The fraction of sp³-hybridized carbons (Fsp3) is 0.750. The molecule has 0 saturated carbocycles. The van der Waals surface area contributed by atoms with E-state index < -0.39 is 0 Å². The van der Waals surface area contributed by atoms with Crippen molar-refractivity contribution in [3.8, 4) is 0 Å². The van der Waals surface area contributed by atoms with Crippen molar-refractivity contribution in [2.45, 2.75) is 40.0 Å². The summed E-state index contributed by atoms with van der Waals surface area (Å²) in [7, 11) is 2.20. The van der Waals surface area contributed by atoms with E-state index in [0.29, 0.717) is 5.41 Å². The van der Waals surface area contributed by atoms with Gasteiger partial charge in [0.1, 0.15) is 5.82 Å². The Morgan fingerprint density at radius 1 is 1.29 bits per heavy atom. The zero-order chi connectivity index (χ0) is 15.3. The second-order valence-electron chi connectivity index (χ2n) is 6.62. The maximum Gasteiger partial charge on any atom is 0.224 e. The molecule has 1 fully saturated rings. The maximum atomic E-state index is 4.60. The number of hydrogen-bond acceptors (Lipinski definition) is 5. The van der Waals surface area contributed by atoms with Crippen LogP contribution in [-0.2, 0) is 0 Å². The largest absolute Gasteiger partial charge is 0.369 e. The number of hydrogen-bond donors (Lipinski definition) is 2. The Morgan fingerprint density at radius 3 is 2.67 bits per heavy atom. The van der Waals surface area contributed by atoms with Crippen LogP contribution in [-0.4, -0.2) is 48.1 Å². The number of nitrogens with one attached hydrogen (secondary N) is 2. The zero-order valence-corrected chi connectivity index (χ0v) is 13.9. The fourth-order valence-electron chi connectivity index (χ4n) is 2.58. The Morgan fingerprint density at radius 2 is 2.00 bits per heavy atom. The van der Waals surface area contributed by atoms with E-state index in [2.05, 4.69) is 53.3 Å². The third-order valence-electron chi connectivity index (χ3n) is 4.38. The molecule has 2 heterocycles. The number of likely N-dealkylation sites (tertiary alicyclic amines) is 1. The number of piperidine rings is 1. The average Bonchev–Trinajstić information content (AvgIpc) is 2.48. The van der Waals surface area contributed by atoms with Crippen LogP contribution in [0.5, 0.6) is 0 Å². The molecule has 1 saturated heterocycles. The molecule has 0 unspecified atom stereocenters. The van der Waals surface area contributed by atoms with Crippen molar-refractivity contribution in [3.63, 3.8) is 0 Å². The molecule has 5 nitrogen and oxygen atoms in total. The highest BCUT2D eigenvalue weighted by atomic mass is 15.1. The van der Waals surface area contributed by atoms with Gasteiger partial charge < -0.3 is 15.5 Å². The molecule has 1 aliphatic rings. The van der Waals surface area contributed by atoms with Gasteiger partial charge in [-0.05, 0) is 51.7 Å². The van der Waals surface area contributed by atoms with Crippen LogP contribution in [0.25, 0.3) is 0 Å². The van der Waals surface area contributed by atoms with Gasteiger partial charge in [0.15, 0.2) is 0 Å². The molecular formula is C16H29N5. The van der Waals surface area contributed by atoms with Crippen molar-refractivity contribution >= 4 is 11.8 Å². The average molecular weight is 291 g/mol. The maximum absolute atomic E-state index is 4.60. The van der Waals surface area contributed by atoms with Gasteiger partial charge in [0.05, 0.1) is 0 Å². The summed E-state index contributed by atoms with van der Waals surface area (Å²) in [6, 6.07) is 0. The van der Waals surface area contributed by atoms with Gasteiger partial charge in [0.2, 0.25) is 5.95 Å². The molecule has 1 aromatic rings. The van der Waals surface area contributed by atoms with Crippen LogP contribution in [0.1, 0.15) is 38.7 Å². The molecule has 2 N–H and O–H groups in total. The molecule has 0 atom stereocenters. The molecule has 0 aliphatic carbocycles. The van der Waals surface area contributed by atoms with Crippen LogP contribution < -0.4 is 10.6 Å². The third kappa shape index (κ3) is 4.56. The lowest BCUT2D eigenvalue weighted by Gasteiger charge is -2.38. The second-order valence-corrected chi connectivity index (χ2v) is 6.62. The first-order chi connectivity index (χ1) is 10.0. The molecule has 1 aliphatic heterocycles. The van der Waals surface area contributed by atoms with Crippen LogP contribution in [0, 0.1) is 12.3 Å². The van der Waals surface area contributed by atoms with Crippen molar-refractivity contribution < 1.29 is 0 Å². The number of rotatable bonds is 6. The molecule has 21 heavy (non-hydrogen) atoms. The highest BCUT2D eigenvalue weighted by molar-refractivity contribution is 5.46. The number of aromatic nitrogens is 2. The Labute approximate surface area is 128 Å². The summed E-state index contributed by atoms with van der Waals surface area (Å²) in [4.78, 5) is 11.3. The quantitative estimate of drug-likeness (QED) is 0.844. The molecule has 0 aromatic carbocycles. The SMILES string of the molecule is CCCNc1ncc(C)c(NCC2(C)CCN(C)CC2)n1. The summed E-state index contributed by atoms with van der Waals surface area (Å²) in [6.07, 6.45) is 5.44. The first kappa shape index (κ1) is 16.0. The van der Waals surface area contributed by atoms with Crippen molar-refractivity contribution in [1.82, 2.24) is 14.9 Å². The van der Waals surface area contributed by atoms with Gasteiger partial charge in [0, 0.05) is 24.8 Å². The fourth-order valence-corrected chi connectivity index (χ4v) is 2.58. The van der Waals surface area contributed by atoms with Crippen LogP contribution in [0.15, 0.2) is 6.20 Å². The van der Waals surface area contributed by atoms with Gasteiger partial charge in [-0.3, -0.25) is 0 Å². The third-order valence-corrected chi connectivity index (χ3v) is 4.38. The van der Waals surface area contributed by atoms with E-state index in [4.69, 9.17) is 0 Å². The van der Waals surface area contributed by atoms with Gasteiger partial charge >= 0.3 is 0 Å². The molecule has 5 heteroatoms. The first-order valence-corrected chi connectivity index (χ1v) is 8.02. The second kappa shape index (κ2) is 7.07. The van der Waals surface area contributed by atoms with Crippen LogP contribution in [0.4, 0.5) is 11.8 Å². The van der Waals surface area contributed by atoms with Gasteiger partial charge in [-0.25, -0.2) is 4.98 Å². The number of nitrogens with zero attached hydrogens (tertiary/aromatic N) is 3. The Kier molecular flexibility index (Phi) is 5.39. The smallest absolute Gasteiger partial charge is 0.224 e. The Hall–Kier alpha value is -1.36. The summed E-state index contributed by atoms with van der Waals surface area (Å²) in [5.74, 6) is 1.68. The molecular weight excluding hydrogens is 262 g/mol. The van der Waals surface area contributed by atoms with E-state index in [0.717, 1.165) is 36.8 Å². The normalized spacial score (nSPS) is 18.5. The van der Waals surface area contributed by atoms with Gasteiger partial charge in [-0.2, -0.15) is 4.98 Å². The zero-order valence-electron chi connectivity index (χ0n) is 13.9. The highest BCUT2D eigenvalue weighted by Gasteiger charge is 2.28. The van der Waals surface area contributed by atoms with E-state index in [-0.39, 0.29) is 0 Å². The van der Waals surface area contributed by atoms with Crippen LogP contribution in [0.2, 0.25) is 0 Å². The summed E-state index contributed by atoms with van der Waals surface area (Å²) in [5, 5.41) is 6.79. The number of aryl methyl sites for hydroxylation is 1. The lowest BCUT2D eigenvalue weighted by atomic mass is 9.80. The summed E-state index contributed by atoms with van der Waals surface area (Å²) in [6.45, 7) is 10.8. The van der Waals surface area contributed by atoms with E-state index in [9.17, 15) is 0 Å². The molecule has 1 aromatic heterocycles. The van der Waals surface area contributed by atoms with Crippen molar-refractivity contribution in [2.75, 3.05) is 43.9 Å². The molecule has 2 rings (SSSR count).